The second-order valence-corrected chi connectivity index (χ2v) is 9.08. The molecule has 0 heterocycles. The molecule has 0 saturated heterocycles. The van der Waals surface area contributed by atoms with Gasteiger partial charge in [-0.25, -0.2) is 0 Å². The maximum absolute atomic E-state index is 3.69. The SMILES string of the molecule is Brc1ccc2c(c1)-c1cc(Br)ccc1C13CCCC21CCC3. The predicted molar refractivity (Wildman–Crippen MR) is 98.3 cm³/mol. The summed E-state index contributed by atoms with van der Waals surface area (Å²) in [5.74, 6) is 0. The Hall–Kier alpha value is -0.600. The lowest BCUT2D eigenvalue weighted by Crippen LogP contribution is -2.43. The summed E-state index contributed by atoms with van der Waals surface area (Å²) < 4.78 is 2.38. The molecule has 2 heteroatoms. The van der Waals surface area contributed by atoms with Gasteiger partial charge in [0.15, 0.2) is 0 Å². The van der Waals surface area contributed by atoms with Crippen molar-refractivity contribution in [1.82, 2.24) is 0 Å². The van der Waals surface area contributed by atoms with Crippen LogP contribution in [-0.2, 0) is 10.8 Å². The minimum atomic E-state index is 0.407. The molecule has 0 spiro atoms. The van der Waals surface area contributed by atoms with Crippen LogP contribution in [0.2, 0.25) is 0 Å². The molecule has 22 heavy (non-hydrogen) atoms. The normalized spacial score (nSPS) is 31.4. The fourth-order valence-corrected chi connectivity index (χ4v) is 6.68. The maximum atomic E-state index is 3.69. The predicted octanol–water partition coefficient (Wildman–Crippen LogP) is 6.74. The molecule has 0 aromatic heterocycles. The molecule has 2 aromatic rings. The molecule has 112 valence electrons. The van der Waals surface area contributed by atoms with E-state index in [1.807, 2.05) is 0 Å². The Morgan fingerprint density at radius 1 is 0.636 bits per heavy atom. The highest BCUT2D eigenvalue weighted by Crippen LogP contribution is 2.69. The van der Waals surface area contributed by atoms with E-state index in [-0.39, 0.29) is 0 Å². The number of rotatable bonds is 0. The average molecular weight is 418 g/mol. The van der Waals surface area contributed by atoms with Crippen LogP contribution in [0.15, 0.2) is 45.3 Å². The van der Waals surface area contributed by atoms with E-state index >= 15 is 0 Å². The molecule has 0 N–H and O–H groups in total. The van der Waals surface area contributed by atoms with Crippen molar-refractivity contribution >= 4 is 31.9 Å². The van der Waals surface area contributed by atoms with Crippen LogP contribution in [0, 0.1) is 0 Å². The van der Waals surface area contributed by atoms with Crippen LogP contribution in [-0.4, -0.2) is 0 Å². The molecule has 0 atom stereocenters. The lowest BCUT2D eigenvalue weighted by Gasteiger charge is -2.48. The van der Waals surface area contributed by atoms with Gasteiger partial charge in [0.2, 0.25) is 0 Å². The van der Waals surface area contributed by atoms with Gasteiger partial charge >= 0.3 is 0 Å². The molecule has 0 radical (unpaired) electrons. The lowest BCUT2D eigenvalue weighted by atomic mass is 9.55. The lowest BCUT2D eigenvalue weighted by molar-refractivity contribution is 0.299. The summed E-state index contributed by atoms with van der Waals surface area (Å²) in [4.78, 5) is 0. The Morgan fingerprint density at radius 2 is 1.05 bits per heavy atom. The van der Waals surface area contributed by atoms with E-state index in [4.69, 9.17) is 0 Å². The van der Waals surface area contributed by atoms with Gasteiger partial charge < -0.3 is 0 Å². The summed E-state index contributed by atoms with van der Waals surface area (Å²) >= 11 is 7.38. The zero-order valence-electron chi connectivity index (χ0n) is 12.5. The zero-order chi connectivity index (χ0) is 14.9. The molecule has 0 aliphatic heterocycles. The maximum Gasteiger partial charge on any atom is 0.0181 e. The second kappa shape index (κ2) is 4.48. The first-order chi connectivity index (χ1) is 10.7. The highest BCUT2D eigenvalue weighted by atomic mass is 79.9. The molecule has 5 rings (SSSR count). The fourth-order valence-electron chi connectivity index (χ4n) is 5.96. The Morgan fingerprint density at radius 3 is 1.45 bits per heavy atom. The van der Waals surface area contributed by atoms with Crippen LogP contribution < -0.4 is 0 Å². The summed E-state index contributed by atoms with van der Waals surface area (Å²) in [7, 11) is 0. The molecule has 0 nitrogen and oxygen atoms in total. The third kappa shape index (κ3) is 1.49. The van der Waals surface area contributed by atoms with Crippen molar-refractivity contribution in [3.63, 3.8) is 0 Å². The van der Waals surface area contributed by atoms with E-state index in [1.54, 1.807) is 11.1 Å². The van der Waals surface area contributed by atoms with Gasteiger partial charge in [0.1, 0.15) is 0 Å². The first-order valence-corrected chi connectivity index (χ1v) is 9.85. The van der Waals surface area contributed by atoms with E-state index in [1.165, 1.54) is 58.6 Å². The number of hydrogen-bond donors (Lipinski definition) is 0. The first kappa shape index (κ1) is 13.8. The molecule has 0 unspecified atom stereocenters. The minimum Gasteiger partial charge on any atom is -0.0567 e. The van der Waals surface area contributed by atoms with Crippen molar-refractivity contribution in [3.8, 4) is 11.1 Å². The number of hydrogen-bond acceptors (Lipinski definition) is 0. The molecular formula is C20H18Br2. The molecule has 0 bridgehead atoms. The highest BCUT2D eigenvalue weighted by Gasteiger charge is 2.61. The van der Waals surface area contributed by atoms with Crippen molar-refractivity contribution < 1.29 is 0 Å². The van der Waals surface area contributed by atoms with E-state index in [0.717, 1.165) is 0 Å². The molecular weight excluding hydrogens is 400 g/mol. The van der Waals surface area contributed by atoms with Gasteiger partial charge in [-0.2, -0.15) is 0 Å². The zero-order valence-corrected chi connectivity index (χ0v) is 15.6. The van der Waals surface area contributed by atoms with Crippen LogP contribution in [0.3, 0.4) is 0 Å². The van der Waals surface area contributed by atoms with E-state index in [9.17, 15) is 0 Å². The summed E-state index contributed by atoms with van der Waals surface area (Å²) in [6.07, 6.45) is 8.25. The van der Waals surface area contributed by atoms with Crippen LogP contribution >= 0.6 is 31.9 Å². The van der Waals surface area contributed by atoms with E-state index in [2.05, 4.69) is 68.3 Å². The monoisotopic (exact) mass is 416 g/mol. The van der Waals surface area contributed by atoms with Crippen molar-refractivity contribution in [2.24, 2.45) is 0 Å². The van der Waals surface area contributed by atoms with Gasteiger partial charge in [-0.15, -0.1) is 0 Å². The van der Waals surface area contributed by atoms with Gasteiger partial charge in [0, 0.05) is 19.8 Å². The molecule has 2 aromatic carbocycles. The van der Waals surface area contributed by atoms with Crippen molar-refractivity contribution in [2.45, 2.75) is 49.4 Å². The molecule has 0 amide bonds. The Bertz CT molecular complexity index is 715. The summed E-state index contributed by atoms with van der Waals surface area (Å²) in [5, 5.41) is 0. The minimum absolute atomic E-state index is 0.407. The number of fused-ring (bicyclic) bond motifs is 3. The summed E-state index contributed by atoms with van der Waals surface area (Å²) in [6.45, 7) is 0. The third-order valence-corrected chi connectivity index (χ3v) is 7.60. The first-order valence-electron chi connectivity index (χ1n) is 8.27. The summed E-state index contributed by atoms with van der Waals surface area (Å²) in [5.41, 5.74) is 6.98. The molecule has 3 aliphatic carbocycles. The van der Waals surface area contributed by atoms with Crippen LogP contribution in [0.25, 0.3) is 11.1 Å². The Balaban J connectivity index is 1.93. The quantitative estimate of drug-likeness (QED) is 0.445. The summed E-state index contributed by atoms with van der Waals surface area (Å²) in [6, 6.07) is 14.0. The smallest absolute Gasteiger partial charge is 0.0181 e. The van der Waals surface area contributed by atoms with E-state index in [0.29, 0.717) is 10.8 Å². The van der Waals surface area contributed by atoms with Crippen molar-refractivity contribution in [2.75, 3.05) is 0 Å². The van der Waals surface area contributed by atoms with Gasteiger partial charge in [0.25, 0.3) is 0 Å². The topological polar surface area (TPSA) is 0 Å². The third-order valence-electron chi connectivity index (χ3n) is 6.61. The highest BCUT2D eigenvalue weighted by molar-refractivity contribution is 9.10. The standard InChI is InChI=1S/C20H18Br2/c21-13-3-5-17-15(11-13)16-12-14(22)4-6-18(16)20-8-1-7-19(17,20)9-2-10-20/h3-6,11-12H,1-2,7-10H2. The second-order valence-electron chi connectivity index (χ2n) is 7.25. The molecule has 2 saturated carbocycles. The van der Waals surface area contributed by atoms with Crippen LogP contribution in [0.1, 0.15) is 49.7 Å². The van der Waals surface area contributed by atoms with Gasteiger partial charge in [0.05, 0.1) is 0 Å². The van der Waals surface area contributed by atoms with Gasteiger partial charge in [-0.3, -0.25) is 0 Å². The largest absolute Gasteiger partial charge is 0.0567 e. The molecule has 2 fully saturated rings. The average Bonchev–Trinajstić information content (AvgIpc) is 3.04. The Labute approximate surface area is 148 Å². The van der Waals surface area contributed by atoms with Crippen LogP contribution in [0.5, 0.6) is 0 Å². The molecule has 3 aliphatic rings. The van der Waals surface area contributed by atoms with Gasteiger partial charge in [-0.1, -0.05) is 56.8 Å². The van der Waals surface area contributed by atoms with Crippen molar-refractivity contribution in [1.29, 1.82) is 0 Å². The van der Waals surface area contributed by atoms with Gasteiger partial charge in [-0.05, 0) is 72.2 Å². The fraction of sp³-hybridized carbons (Fsp3) is 0.400. The van der Waals surface area contributed by atoms with Crippen LogP contribution in [0.4, 0.5) is 0 Å². The number of benzene rings is 2. The number of halogens is 2. The van der Waals surface area contributed by atoms with E-state index < -0.39 is 0 Å². The van der Waals surface area contributed by atoms with Crippen molar-refractivity contribution in [3.05, 3.63) is 56.5 Å². The Kier molecular flexibility index (Phi) is 2.81.